The summed E-state index contributed by atoms with van der Waals surface area (Å²) in [6, 6.07) is 12.6. The van der Waals surface area contributed by atoms with Gasteiger partial charge >= 0.3 is 0 Å². The maximum absolute atomic E-state index is 12.2. The minimum atomic E-state index is -3.58. The molecular weight excluding hydrogens is 442 g/mol. The third-order valence-electron chi connectivity index (χ3n) is 5.90. The van der Waals surface area contributed by atoms with E-state index in [0.717, 1.165) is 49.1 Å². The number of methoxy groups -OCH3 is 2. The summed E-state index contributed by atoms with van der Waals surface area (Å²) in [7, 11) is -0.356. The second-order valence-electron chi connectivity index (χ2n) is 8.01. The highest BCUT2D eigenvalue weighted by molar-refractivity contribution is 7.90. The Bertz CT molecular complexity index is 1180. The van der Waals surface area contributed by atoms with Gasteiger partial charge in [0.1, 0.15) is 12.1 Å². The Labute approximate surface area is 194 Å². The van der Waals surface area contributed by atoms with Crippen LogP contribution < -0.4 is 23.8 Å². The van der Waals surface area contributed by atoms with E-state index in [1.807, 2.05) is 18.2 Å². The van der Waals surface area contributed by atoms with E-state index < -0.39 is 10.2 Å². The normalized spacial score (nSPS) is 14.9. The summed E-state index contributed by atoms with van der Waals surface area (Å²) in [6.07, 6.45) is 4.29. The van der Waals surface area contributed by atoms with Gasteiger partial charge in [-0.25, -0.2) is 9.97 Å². The number of benzene rings is 2. The van der Waals surface area contributed by atoms with E-state index in [-0.39, 0.29) is 0 Å². The molecule has 1 fully saturated rings. The van der Waals surface area contributed by atoms with Crippen LogP contribution in [0.5, 0.6) is 11.5 Å². The number of para-hydroxylation sites is 1. The third-order valence-corrected chi connectivity index (χ3v) is 6.99. The Balaban J connectivity index is 1.33. The molecule has 10 heteroatoms. The summed E-state index contributed by atoms with van der Waals surface area (Å²) in [5.74, 6) is 2.61. The van der Waals surface area contributed by atoms with Crippen molar-refractivity contribution in [2.45, 2.75) is 19.3 Å². The number of nitrogens with one attached hydrogen (secondary N) is 2. The number of hydrogen-bond donors (Lipinski definition) is 2. The summed E-state index contributed by atoms with van der Waals surface area (Å²) < 4.78 is 40.5. The monoisotopic (exact) mass is 471 g/mol. The number of piperidine rings is 1. The molecule has 176 valence electrons. The lowest BCUT2D eigenvalue weighted by Crippen LogP contribution is -2.36. The number of fused-ring (bicyclic) bond motifs is 1. The molecule has 0 bridgehead atoms. The molecule has 2 aromatic carbocycles. The van der Waals surface area contributed by atoms with Crippen molar-refractivity contribution in [2.24, 2.45) is 5.92 Å². The van der Waals surface area contributed by atoms with E-state index in [2.05, 4.69) is 24.3 Å². The third kappa shape index (κ3) is 5.63. The summed E-state index contributed by atoms with van der Waals surface area (Å²) in [6.45, 7) is 2.10. The fourth-order valence-corrected chi connectivity index (χ4v) is 5.05. The van der Waals surface area contributed by atoms with Crippen LogP contribution in [-0.4, -0.2) is 52.2 Å². The van der Waals surface area contributed by atoms with Gasteiger partial charge in [0.25, 0.3) is 10.2 Å². The molecule has 0 saturated carbocycles. The van der Waals surface area contributed by atoms with Crippen molar-refractivity contribution in [2.75, 3.05) is 43.5 Å². The van der Waals surface area contributed by atoms with E-state index in [1.165, 1.54) is 0 Å². The van der Waals surface area contributed by atoms with Gasteiger partial charge in [-0.15, -0.1) is 0 Å². The van der Waals surface area contributed by atoms with E-state index >= 15 is 0 Å². The van der Waals surface area contributed by atoms with Crippen molar-refractivity contribution >= 4 is 32.6 Å². The quantitative estimate of drug-likeness (QED) is 0.494. The summed E-state index contributed by atoms with van der Waals surface area (Å²) in [4.78, 5) is 11.2. The van der Waals surface area contributed by atoms with E-state index in [9.17, 15) is 8.42 Å². The van der Waals surface area contributed by atoms with Crippen LogP contribution in [0.4, 0.5) is 11.5 Å². The summed E-state index contributed by atoms with van der Waals surface area (Å²) >= 11 is 0. The molecule has 1 saturated heterocycles. The molecule has 0 radical (unpaired) electrons. The van der Waals surface area contributed by atoms with Crippen molar-refractivity contribution in [1.82, 2.24) is 14.7 Å². The van der Waals surface area contributed by atoms with Crippen molar-refractivity contribution in [1.29, 1.82) is 0 Å². The molecule has 3 aromatic rings. The van der Waals surface area contributed by atoms with Crippen molar-refractivity contribution in [3.8, 4) is 11.5 Å². The van der Waals surface area contributed by atoms with Crippen LogP contribution in [0.15, 0.2) is 48.8 Å². The fraction of sp³-hybridized carbons (Fsp3) is 0.391. The molecule has 4 rings (SSSR count). The van der Waals surface area contributed by atoms with Gasteiger partial charge in [0.2, 0.25) is 0 Å². The topological polar surface area (TPSA) is 106 Å². The minimum absolute atomic E-state index is 0.403. The molecule has 0 spiro atoms. The van der Waals surface area contributed by atoms with Gasteiger partial charge < -0.3 is 14.4 Å². The molecule has 1 aromatic heterocycles. The number of nitrogens with zero attached hydrogens (tertiary/aromatic N) is 3. The molecule has 1 aliphatic rings. The first-order chi connectivity index (χ1) is 16.0. The molecular formula is C23H29N5O4S. The van der Waals surface area contributed by atoms with Crippen LogP contribution in [0.2, 0.25) is 0 Å². The first kappa shape index (κ1) is 23.1. The van der Waals surface area contributed by atoms with Crippen LogP contribution in [0, 0.1) is 5.92 Å². The lowest BCUT2D eigenvalue weighted by Gasteiger charge is -2.33. The van der Waals surface area contributed by atoms with Gasteiger partial charge in [-0.3, -0.25) is 4.72 Å². The maximum atomic E-state index is 12.2. The number of anilines is 2. The Morgan fingerprint density at radius 2 is 1.73 bits per heavy atom. The molecule has 0 atom stereocenters. The van der Waals surface area contributed by atoms with Gasteiger partial charge in [-0.2, -0.15) is 13.1 Å². The zero-order valence-electron chi connectivity index (χ0n) is 18.8. The van der Waals surface area contributed by atoms with Gasteiger partial charge in [0.05, 0.1) is 19.7 Å². The highest BCUT2D eigenvalue weighted by Crippen LogP contribution is 2.35. The van der Waals surface area contributed by atoms with Crippen LogP contribution in [0.25, 0.3) is 10.9 Å². The molecule has 0 amide bonds. The van der Waals surface area contributed by atoms with Crippen molar-refractivity contribution in [3.63, 3.8) is 0 Å². The highest BCUT2D eigenvalue weighted by atomic mass is 32.2. The number of aromatic nitrogens is 2. The van der Waals surface area contributed by atoms with Crippen LogP contribution in [0.1, 0.15) is 19.3 Å². The van der Waals surface area contributed by atoms with Gasteiger partial charge in [-0.1, -0.05) is 18.2 Å². The van der Waals surface area contributed by atoms with Crippen LogP contribution >= 0.6 is 0 Å². The number of hydrogen-bond acceptors (Lipinski definition) is 7. The maximum Gasteiger partial charge on any atom is 0.299 e. The van der Waals surface area contributed by atoms with Crippen molar-refractivity contribution < 1.29 is 17.9 Å². The Kier molecular flexibility index (Phi) is 7.14. The Morgan fingerprint density at radius 1 is 1.03 bits per heavy atom. The van der Waals surface area contributed by atoms with Gasteiger partial charge in [0.15, 0.2) is 11.5 Å². The Hall–Kier alpha value is -3.11. The minimum Gasteiger partial charge on any atom is -0.493 e. The number of ether oxygens (including phenoxy) is 2. The zero-order valence-corrected chi connectivity index (χ0v) is 19.6. The lowest BCUT2D eigenvalue weighted by molar-refractivity contribution is 0.355. The molecule has 2 N–H and O–H groups in total. The fourth-order valence-electron chi connectivity index (χ4n) is 4.15. The second-order valence-corrected chi connectivity index (χ2v) is 9.51. The average molecular weight is 472 g/mol. The SMILES string of the molecule is COc1cc2ncnc(N3CCC(CCNS(=O)(=O)Nc4ccccc4)CC3)c2cc1OC. The van der Waals surface area contributed by atoms with Gasteiger partial charge in [-0.05, 0) is 43.4 Å². The van der Waals surface area contributed by atoms with E-state index in [1.54, 1.807) is 44.8 Å². The van der Waals surface area contributed by atoms with Crippen molar-refractivity contribution in [3.05, 3.63) is 48.8 Å². The average Bonchev–Trinajstić information content (AvgIpc) is 2.83. The molecule has 1 aliphatic heterocycles. The standard InChI is InChI=1S/C23H29N5O4S/c1-31-21-14-19-20(15-22(21)32-2)24-16-25-23(19)28-12-9-17(10-13-28)8-11-26-33(29,30)27-18-6-4-3-5-7-18/h3-7,14-17,26-27H,8-13H2,1-2H3. The van der Waals surface area contributed by atoms with E-state index in [4.69, 9.17) is 9.47 Å². The Morgan fingerprint density at radius 3 is 2.42 bits per heavy atom. The second kappa shape index (κ2) is 10.2. The van der Waals surface area contributed by atoms with Gasteiger partial charge in [0, 0.05) is 36.8 Å². The zero-order chi connectivity index (χ0) is 23.3. The molecule has 0 unspecified atom stereocenters. The summed E-state index contributed by atoms with van der Waals surface area (Å²) in [5, 5.41) is 0.924. The number of rotatable bonds is 9. The summed E-state index contributed by atoms with van der Waals surface area (Å²) in [5.41, 5.74) is 1.35. The van der Waals surface area contributed by atoms with E-state index in [0.29, 0.717) is 29.6 Å². The largest absolute Gasteiger partial charge is 0.493 e. The molecule has 33 heavy (non-hydrogen) atoms. The molecule has 0 aliphatic carbocycles. The van der Waals surface area contributed by atoms with Crippen LogP contribution in [-0.2, 0) is 10.2 Å². The first-order valence-electron chi connectivity index (χ1n) is 10.9. The predicted molar refractivity (Wildman–Crippen MR) is 129 cm³/mol. The first-order valence-corrected chi connectivity index (χ1v) is 12.4. The lowest BCUT2D eigenvalue weighted by atomic mass is 9.93. The molecule has 9 nitrogen and oxygen atoms in total. The molecule has 2 heterocycles. The van der Waals surface area contributed by atoms with Crippen LogP contribution in [0.3, 0.4) is 0 Å². The highest BCUT2D eigenvalue weighted by Gasteiger charge is 2.23. The smallest absolute Gasteiger partial charge is 0.299 e. The predicted octanol–water partition coefficient (Wildman–Crippen LogP) is 3.20.